The number of aromatic nitrogens is 3. The lowest BCUT2D eigenvalue weighted by molar-refractivity contribution is 0.0723. The van der Waals surface area contributed by atoms with Gasteiger partial charge in [-0.15, -0.1) is 0 Å². The van der Waals surface area contributed by atoms with Crippen LogP contribution in [0.5, 0.6) is 0 Å². The number of carbonyl (C=O) groups is 2. The first kappa shape index (κ1) is 22.1. The molecule has 33 heavy (non-hydrogen) atoms. The predicted octanol–water partition coefficient (Wildman–Crippen LogP) is 3.53. The van der Waals surface area contributed by atoms with Gasteiger partial charge in [0, 0.05) is 43.8 Å². The molecule has 0 fully saturated rings. The van der Waals surface area contributed by atoms with Crippen molar-refractivity contribution in [1.82, 2.24) is 25.2 Å². The van der Waals surface area contributed by atoms with E-state index in [0.29, 0.717) is 36.2 Å². The number of nitrogens with one attached hydrogen (secondary N) is 1. The molecule has 0 spiro atoms. The molecule has 4 aromatic rings. The van der Waals surface area contributed by atoms with Gasteiger partial charge in [-0.1, -0.05) is 36.4 Å². The Morgan fingerprint density at radius 3 is 2.39 bits per heavy atom. The maximum Gasteiger partial charge on any atom is 0.269 e. The van der Waals surface area contributed by atoms with Gasteiger partial charge in [-0.3, -0.25) is 24.5 Å². The summed E-state index contributed by atoms with van der Waals surface area (Å²) >= 11 is 0. The zero-order chi connectivity index (χ0) is 23.0. The number of carbonyl (C=O) groups excluding carboxylic acids is 2. The maximum atomic E-state index is 13.3. The van der Waals surface area contributed by atoms with Crippen LogP contribution in [-0.4, -0.2) is 51.3 Å². The number of pyridine rings is 1. The molecule has 0 aliphatic rings. The molecule has 1 unspecified atom stereocenters. The Morgan fingerprint density at radius 1 is 0.879 bits per heavy atom. The van der Waals surface area contributed by atoms with Crippen molar-refractivity contribution < 1.29 is 9.59 Å². The number of amides is 2. The third-order valence-electron chi connectivity index (χ3n) is 5.56. The predicted molar refractivity (Wildman–Crippen MR) is 127 cm³/mol. The van der Waals surface area contributed by atoms with Gasteiger partial charge in [-0.05, 0) is 48.7 Å². The highest BCUT2D eigenvalue weighted by Crippen LogP contribution is 2.17. The van der Waals surface area contributed by atoms with Gasteiger partial charge in [-0.25, -0.2) is 0 Å². The second-order valence-corrected chi connectivity index (χ2v) is 7.78. The van der Waals surface area contributed by atoms with E-state index < -0.39 is 0 Å². The van der Waals surface area contributed by atoms with Crippen LogP contribution < -0.4 is 5.32 Å². The number of hydrogen-bond donors (Lipinski definition) is 1. The van der Waals surface area contributed by atoms with Crippen molar-refractivity contribution in [2.75, 3.05) is 13.6 Å². The van der Waals surface area contributed by atoms with Crippen LogP contribution in [0, 0.1) is 0 Å². The highest BCUT2D eigenvalue weighted by atomic mass is 16.2. The Kier molecular flexibility index (Phi) is 6.99. The molecule has 0 bridgehead atoms. The minimum Gasteiger partial charge on any atom is -0.351 e. The van der Waals surface area contributed by atoms with Crippen LogP contribution in [0.25, 0.3) is 11.0 Å². The van der Waals surface area contributed by atoms with Crippen molar-refractivity contribution in [2.24, 2.45) is 0 Å². The monoisotopic (exact) mass is 439 g/mol. The number of benzene rings is 2. The van der Waals surface area contributed by atoms with E-state index in [1.807, 2.05) is 36.4 Å². The number of hydrogen-bond acceptors (Lipinski definition) is 5. The molecule has 0 aliphatic heterocycles. The average molecular weight is 440 g/mol. The SMILES string of the molecule is CN(C(=O)c1ccc2nccnc2c1)C(CCNC(=O)c1ccccn1)Cc1ccccc1. The Hall–Kier alpha value is -4.13. The minimum atomic E-state index is -0.226. The van der Waals surface area contributed by atoms with E-state index in [1.165, 1.54) is 0 Å². The molecular formula is C26H25N5O2. The molecule has 2 heterocycles. The summed E-state index contributed by atoms with van der Waals surface area (Å²) in [6.07, 6.45) is 6.11. The van der Waals surface area contributed by atoms with E-state index in [0.717, 1.165) is 11.1 Å². The fourth-order valence-electron chi connectivity index (χ4n) is 3.72. The van der Waals surface area contributed by atoms with Gasteiger partial charge in [-0.2, -0.15) is 0 Å². The first-order valence-electron chi connectivity index (χ1n) is 10.8. The molecule has 0 radical (unpaired) electrons. The molecule has 7 nitrogen and oxygen atoms in total. The third kappa shape index (κ3) is 5.57. The van der Waals surface area contributed by atoms with Crippen LogP contribution in [-0.2, 0) is 6.42 Å². The van der Waals surface area contributed by atoms with Gasteiger partial charge in [0.15, 0.2) is 0 Å². The lowest BCUT2D eigenvalue weighted by atomic mass is 10.0. The van der Waals surface area contributed by atoms with Gasteiger partial charge in [0.2, 0.25) is 0 Å². The zero-order valence-corrected chi connectivity index (χ0v) is 18.4. The first-order valence-corrected chi connectivity index (χ1v) is 10.8. The van der Waals surface area contributed by atoms with E-state index in [4.69, 9.17) is 0 Å². The van der Waals surface area contributed by atoms with Crippen LogP contribution in [0.4, 0.5) is 0 Å². The largest absolute Gasteiger partial charge is 0.351 e. The fourth-order valence-corrected chi connectivity index (χ4v) is 3.72. The molecule has 0 aliphatic carbocycles. The lowest BCUT2D eigenvalue weighted by Gasteiger charge is -2.29. The molecule has 7 heteroatoms. The molecular weight excluding hydrogens is 414 g/mol. The first-order chi connectivity index (χ1) is 16.1. The molecule has 4 rings (SSSR count). The maximum absolute atomic E-state index is 13.3. The van der Waals surface area contributed by atoms with E-state index >= 15 is 0 Å². The van der Waals surface area contributed by atoms with E-state index in [9.17, 15) is 9.59 Å². The summed E-state index contributed by atoms with van der Waals surface area (Å²) in [5, 5.41) is 2.92. The molecule has 1 N–H and O–H groups in total. The van der Waals surface area contributed by atoms with Crippen LogP contribution in [0.1, 0.15) is 32.8 Å². The normalized spacial score (nSPS) is 11.7. The van der Waals surface area contributed by atoms with Crippen molar-refractivity contribution in [1.29, 1.82) is 0 Å². The molecule has 2 aromatic heterocycles. The third-order valence-corrected chi connectivity index (χ3v) is 5.56. The van der Waals surface area contributed by atoms with Gasteiger partial charge in [0.05, 0.1) is 11.0 Å². The second kappa shape index (κ2) is 10.5. The van der Waals surface area contributed by atoms with Gasteiger partial charge >= 0.3 is 0 Å². The summed E-state index contributed by atoms with van der Waals surface area (Å²) in [5.74, 6) is -0.323. The Morgan fingerprint density at radius 2 is 1.64 bits per heavy atom. The molecule has 166 valence electrons. The van der Waals surface area contributed by atoms with E-state index in [-0.39, 0.29) is 17.9 Å². The van der Waals surface area contributed by atoms with Crippen LogP contribution in [0.2, 0.25) is 0 Å². The van der Waals surface area contributed by atoms with Crippen molar-refractivity contribution in [3.05, 3.63) is 102 Å². The topological polar surface area (TPSA) is 88.1 Å². The van der Waals surface area contributed by atoms with Crippen molar-refractivity contribution in [2.45, 2.75) is 18.9 Å². The molecule has 0 saturated carbocycles. The summed E-state index contributed by atoms with van der Waals surface area (Å²) in [4.78, 5) is 40.1. The van der Waals surface area contributed by atoms with E-state index in [2.05, 4.69) is 20.3 Å². The van der Waals surface area contributed by atoms with Crippen LogP contribution in [0.3, 0.4) is 0 Å². The number of fused-ring (bicyclic) bond motifs is 1. The average Bonchev–Trinajstić information content (AvgIpc) is 2.88. The smallest absolute Gasteiger partial charge is 0.269 e. The Bertz CT molecular complexity index is 1230. The van der Waals surface area contributed by atoms with Crippen LogP contribution in [0.15, 0.2) is 85.3 Å². The van der Waals surface area contributed by atoms with Crippen LogP contribution >= 0.6 is 0 Å². The van der Waals surface area contributed by atoms with E-state index in [1.54, 1.807) is 60.9 Å². The highest BCUT2D eigenvalue weighted by Gasteiger charge is 2.22. The van der Waals surface area contributed by atoms with Gasteiger partial charge in [0.1, 0.15) is 5.69 Å². The molecule has 2 aromatic carbocycles. The fraction of sp³-hybridized carbons (Fsp3) is 0.192. The quantitative estimate of drug-likeness (QED) is 0.454. The van der Waals surface area contributed by atoms with Gasteiger partial charge < -0.3 is 10.2 Å². The second-order valence-electron chi connectivity index (χ2n) is 7.78. The van der Waals surface area contributed by atoms with Crippen molar-refractivity contribution in [3.8, 4) is 0 Å². The van der Waals surface area contributed by atoms with Crippen molar-refractivity contribution in [3.63, 3.8) is 0 Å². The standard InChI is InChI=1S/C26H25N5O2/c1-31(26(33)20-10-11-22-24(18-20)29-16-15-28-22)21(17-19-7-3-2-4-8-19)12-14-30-25(32)23-9-5-6-13-27-23/h2-11,13,15-16,18,21H,12,14,17H2,1H3,(H,30,32). The molecule has 1 atom stereocenters. The summed E-state index contributed by atoms with van der Waals surface area (Å²) in [6, 6.07) is 20.5. The summed E-state index contributed by atoms with van der Waals surface area (Å²) in [6.45, 7) is 0.424. The summed E-state index contributed by atoms with van der Waals surface area (Å²) in [7, 11) is 1.80. The number of rotatable bonds is 8. The summed E-state index contributed by atoms with van der Waals surface area (Å²) < 4.78 is 0. The molecule has 0 saturated heterocycles. The highest BCUT2D eigenvalue weighted by molar-refractivity contribution is 5.97. The van der Waals surface area contributed by atoms with Gasteiger partial charge in [0.25, 0.3) is 11.8 Å². The zero-order valence-electron chi connectivity index (χ0n) is 18.4. The molecule has 2 amide bonds. The minimum absolute atomic E-state index is 0.0977. The lowest BCUT2D eigenvalue weighted by Crippen LogP contribution is -2.41. The number of likely N-dealkylation sites (N-methyl/N-ethyl adjacent to an activating group) is 1. The Balaban J connectivity index is 1.48. The number of nitrogens with zero attached hydrogens (tertiary/aromatic N) is 4. The van der Waals surface area contributed by atoms with Crippen molar-refractivity contribution >= 4 is 22.8 Å². The Labute approximate surface area is 192 Å². The summed E-state index contributed by atoms with van der Waals surface area (Å²) in [5.41, 5.74) is 3.48.